The van der Waals surface area contributed by atoms with Crippen molar-refractivity contribution in [1.29, 1.82) is 0 Å². The van der Waals surface area contributed by atoms with Gasteiger partial charge in [0.2, 0.25) is 0 Å². The first-order valence-corrected chi connectivity index (χ1v) is 7.93. The van der Waals surface area contributed by atoms with Gasteiger partial charge in [-0.3, -0.25) is 0 Å². The SMILES string of the molecule is COc1cccc(CN(C)S(=O)(=O)N2CC[C@H](N)C2)c1. The Morgan fingerprint density at radius 2 is 2.25 bits per heavy atom. The first-order valence-electron chi connectivity index (χ1n) is 6.53. The molecular formula is C13H21N3O3S. The smallest absolute Gasteiger partial charge is 0.282 e. The van der Waals surface area contributed by atoms with E-state index in [4.69, 9.17) is 10.5 Å². The molecule has 0 aliphatic carbocycles. The van der Waals surface area contributed by atoms with E-state index in [9.17, 15) is 8.42 Å². The van der Waals surface area contributed by atoms with E-state index in [1.54, 1.807) is 14.2 Å². The van der Waals surface area contributed by atoms with Gasteiger partial charge in [-0.2, -0.15) is 17.0 Å². The number of methoxy groups -OCH3 is 1. The minimum atomic E-state index is -3.44. The molecule has 0 bridgehead atoms. The molecule has 1 heterocycles. The highest BCUT2D eigenvalue weighted by atomic mass is 32.2. The van der Waals surface area contributed by atoms with Crippen LogP contribution < -0.4 is 10.5 Å². The topological polar surface area (TPSA) is 75.9 Å². The Morgan fingerprint density at radius 1 is 1.50 bits per heavy atom. The maximum atomic E-state index is 12.4. The Morgan fingerprint density at radius 3 is 2.85 bits per heavy atom. The summed E-state index contributed by atoms with van der Waals surface area (Å²) in [7, 11) is -0.273. The molecule has 112 valence electrons. The van der Waals surface area contributed by atoms with Crippen molar-refractivity contribution in [3.05, 3.63) is 29.8 Å². The Balaban J connectivity index is 2.08. The van der Waals surface area contributed by atoms with Crippen LogP contribution in [0.3, 0.4) is 0 Å². The summed E-state index contributed by atoms with van der Waals surface area (Å²) in [5.41, 5.74) is 6.66. The van der Waals surface area contributed by atoms with Gasteiger partial charge < -0.3 is 10.5 Å². The molecule has 0 spiro atoms. The van der Waals surface area contributed by atoms with Crippen molar-refractivity contribution in [1.82, 2.24) is 8.61 Å². The Hall–Kier alpha value is -1.15. The summed E-state index contributed by atoms with van der Waals surface area (Å²) in [6.07, 6.45) is 0.715. The number of nitrogens with two attached hydrogens (primary N) is 1. The summed E-state index contributed by atoms with van der Waals surface area (Å²) >= 11 is 0. The highest BCUT2D eigenvalue weighted by Crippen LogP contribution is 2.19. The predicted molar refractivity (Wildman–Crippen MR) is 77.5 cm³/mol. The number of hydrogen-bond donors (Lipinski definition) is 1. The predicted octanol–water partition coefficient (Wildman–Crippen LogP) is 0.405. The lowest BCUT2D eigenvalue weighted by molar-refractivity contribution is 0.387. The fraction of sp³-hybridized carbons (Fsp3) is 0.538. The van der Waals surface area contributed by atoms with Gasteiger partial charge in [-0.15, -0.1) is 0 Å². The molecule has 1 aromatic rings. The summed E-state index contributed by atoms with van der Waals surface area (Å²) in [6, 6.07) is 7.33. The lowest BCUT2D eigenvalue weighted by Gasteiger charge is -2.24. The molecule has 0 radical (unpaired) electrons. The minimum Gasteiger partial charge on any atom is -0.497 e. The van der Waals surface area contributed by atoms with Gasteiger partial charge in [0.15, 0.2) is 0 Å². The Labute approximate surface area is 120 Å². The molecule has 0 unspecified atom stereocenters. The molecule has 1 atom stereocenters. The third kappa shape index (κ3) is 3.29. The van der Waals surface area contributed by atoms with E-state index in [0.717, 1.165) is 11.3 Å². The summed E-state index contributed by atoms with van der Waals surface area (Å²) in [6.45, 7) is 1.20. The molecule has 7 heteroatoms. The molecule has 1 fully saturated rings. The van der Waals surface area contributed by atoms with Crippen LogP contribution in [0, 0.1) is 0 Å². The van der Waals surface area contributed by atoms with Gasteiger partial charge in [-0.25, -0.2) is 0 Å². The Kier molecular flexibility index (Phi) is 4.64. The third-order valence-electron chi connectivity index (χ3n) is 3.45. The van der Waals surface area contributed by atoms with Gasteiger partial charge >= 0.3 is 0 Å². The van der Waals surface area contributed by atoms with E-state index in [1.807, 2.05) is 24.3 Å². The Bertz CT molecular complexity index is 562. The van der Waals surface area contributed by atoms with Gasteiger partial charge in [-0.1, -0.05) is 12.1 Å². The quantitative estimate of drug-likeness (QED) is 0.854. The van der Waals surface area contributed by atoms with E-state index >= 15 is 0 Å². The summed E-state index contributed by atoms with van der Waals surface area (Å²) in [5, 5.41) is 0. The molecular weight excluding hydrogens is 278 g/mol. The van der Waals surface area contributed by atoms with Crippen molar-refractivity contribution in [3.8, 4) is 5.75 Å². The van der Waals surface area contributed by atoms with Crippen LogP contribution in [0.4, 0.5) is 0 Å². The number of benzene rings is 1. The molecule has 0 aromatic heterocycles. The van der Waals surface area contributed by atoms with Crippen LogP contribution in [0.15, 0.2) is 24.3 Å². The molecule has 1 aliphatic heterocycles. The summed E-state index contributed by atoms with van der Waals surface area (Å²) in [5.74, 6) is 0.719. The van der Waals surface area contributed by atoms with Crippen LogP contribution in [-0.2, 0) is 16.8 Å². The van der Waals surface area contributed by atoms with Crippen LogP contribution in [-0.4, -0.2) is 50.3 Å². The zero-order chi connectivity index (χ0) is 14.8. The lowest BCUT2D eigenvalue weighted by atomic mass is 10.2. The fourth-order valence-corrected chi connectivity index (χ4v) is 3.69. The zero-order valence-corrected chi connectivity index (χ0v) is 12.6. The zero-order valence-electron chi connectivity index (χ0n) is 11.8. The first-order chi connectivity index (χ1) is 9.43. The second kappa shape index (κ2) is 6.09. The maximum Gasteiger partial charge on any atom is 0.282 e. The number of rotatable bonds is 5. The molecule has 1 aromatic carbocycles. The summed E-state index contributed by atoms with van der Waals surface area (Å²) in [4.78, 5) is 0. The minimum absolute atomic E-state index is 0.0602. The standard InChI is InChI=1S/C13H21N3O3S/c1-15(9-11-4-3-5-13(8-11)19-2)20(17,18)16-7-6-12(14)10-16/h3-5,8,12H,6-7,9-10,14H2,1-2H3/t12-/m0/s1. The van der Waals surface area contributed by atoms with Gasteiger partial charge in [0.05, 0.1) is 7.11 Å². The summed E-state index contributed by atoms with van der Waals surface area (Å²) < 4.78 is 32.7. The van der Waals surface area contributed by atoms with Crippen molar-refractivity contribution in [2.24, 2.45) is 5.73 Å². The molecule has 1 aliphatic rings. The van der Waals surface area contributed by atoms with E-state index < -0.39 is 10.2 Å². The largest absolute Gasteiger partial charge is 0.497 e. The molecule has 0 saturated carbocycles. The van der Waals surface area contributed by atoms with Crippen molar-refractivity contribution in [3.63, 3.8) is 0 Å². The van der Waals surface area contributed by atoms with Crippen molar-refractivity contribution in [2.75, 3.05) is 27.2 Å². The molecule has 1 saturated heterocycles. The van der Waals surface area contributed by atoms with E-state index in [1.165, 1.54) is 8.61 Å². The average Bonchev–Trinajstić information content (AvgIpc) is 2.86. The van der Waals surface area contributed by atoms with Crippen molar-refractivity contribution < 1.29 is 13.2 Å². The molecule has 2 N–H and O–H groups in total. The van der Waals surface area contributed by atoms with Crippen molar-refractivity contribution in [2.45, 2.75) is 19.0 Å². The van der Waals surface area contributed by atoms with Crippen LogP contribution in [0.2, 0.25) is 0 Å². The average molecular weight is 299 g/mol. The maximum absolute atomic E-state index is 12.4. The van der Waals surface area contributed by atoms with Crippen LogP contribution in [0.25, 0.3) is 0 Å². The fourth-order valence-electron chi connectivity index (χ4n) is 2.27. The number of nitrogens with zero attached hydrogens (tertiary/aromatic N) is 2. The van der Waals surface area contributed by atoms with Crippen LogP contribution >= 0.6 is 0 Å². The third-order valence-corrected chi connectivity index (χ3v) is 5.35. The molecule has 2 rings (SSSR count). The van der Waals surface area contributed by atoms with Gasteiger partial charge in [-0.05, 0) is 24.1 Å². The van der Waals surface area contributed by atoms with E-state index in [0.29, 0.717) is 26.1 Å². The first kappa shape index (κ1) is 15.2. The van der Waals surface area contributed by atoms with E-state index in [2.05, 4.69) is 0 Å². The second-order valence-electron chi connectivity index (χ2n) is 5.02. The highest BCUT2D eigenvalue weighted by molar-refractivity contribution is 7.86. The number of ether oxygens (including phenoxy) is 1. The highest BCUT2D eigenvalue weighted by Gasteiger charge is 2.32. The number of hydrogen-bond acceptors (Lipinski definition) is 4. The van der Waals surface area contributed by atoms with Gasteiger partial charge in [0.1, 0.15) is 5.75 Å². The van der Waals surface area contributed by atoms with Crippen molar-refractivity contribution >= 4 is 10.2 Å². The van der Waals surface area contributed by atoms with E-state index in [-0.39, 0.29) is 6.04 Å². The molecule has 0 amide bonds. The second-order valence-corrected chi connectivity index (χ2v) is 7.06. The van der Waals surface area contributed by atoms with Crippen LogP contribution in [0.1, 0.15) is 12.0 Å². The van der Waals surface area contributed by atoms with Gasteiger partial charge in [0.25, 0.3) is 10.2 Å². The molecule has 20 heavy (non-hydrogen) atoms. The van der Waals surface area contributed by atoms with Crippen LogP contribution in [0.5, 0.6) is 5.75 Å². The normalized spacial score (nSPS) is 20.5. The molecule has 6 nitrogen and oxygen atoms in total. The lowest BCUT2D eigenvalue weighted by Crippen LogP contribution is -2.41. The monoisotopic (exact) mass is 299 g/mol. The van der Waals surface area contributed by atoms with Gasteiger partial charge in [0, 0.05) is 32.7 Å².